The lowest BCUT2D eigenvalue weighted by Crippen LogP contribution is -2.06. The number of hydrogen-bond donors (Lipinski definition) is 3. The molecule has 9 heteroatoms. The van der Waals surface area contributed by atoms with Gasteiger partial charge in [-0.25, -0.2) is 24.1 Å². The lowest BCUT2D eigenvalue weighted by atomic mass is 10.1. The molecule has 0 aliphatic rings. The first kappa shape index (κ1) is 16.8. The molecule has 0 unspecified atom stereocenters. The first-order chi connectivity index (χ1) is 11.8. The molecular formula is C16H13FN4O3S. The third-order valence-corrected chi connectivity index (χ3v) is 4.54. The van der Waals surface area contributed by atoms with Gasteiger partial charge in [-0.15, -0.1) is 0 Å². The largest absolute Gasteiger partial charge is 0.505 e. The molecule has 25 heavy (non-hydrogen) atoms. The Labute approximate surface area is 145 Å². The third kappa shape index (κ3) is 3.41. The molecule has 0 saturated carbocycles. The number of nitrogens with zero attached hydrogens (tertiary/aromatic N) is 3. The number of anilines is 1. The Morgan fingerprint density at radius 1 is 1.24 bits per heavy atom. The van der Waals surface area contributed by atoms with Crippen LogP contribution in [0.15, 0.2) is 24.4 Å². The van der Waals surface area contributed by atoms with Gasteiger partial charge >= 0.3 is 6.09 Å². The second kappa shape index (κ2) is 6.44. The van der Waals surface area contributed by atoms with Crippen molar-refractivity contribution < 1.29 is 19.4 Å². The van der Waals surface area contributed by atoms with Crippen molar-refractivity contribution in [1.29, 1.82) is 0 Å². The molecule has 3 aromatic rings. The van der Waals surface area contributed by atoms with Crippen LogP contribution >= 0.6 is 11.3 Å². The van der Waals surface area contributed by atoms with E-state index in [1.165, 1.54) is 23.5 Å². The maximum absolute atomic E-state index is 13.2. The maximum Gasteiger partial charge on any atom is 0.410 e. The molecule has 2 aromatic heterocycles. The van der Waals surface area contributed by atoms with Gasteiger partial charge in [0.25, 0.3) is 0 Å². The van der Waals surface area contributed by atoms with Crippen molar-refractivity contribution in [1.82, 2.24) is 15.0 Å². The van der Waals surface area contributed by atoms with Gasteiger partial charge in [0.2, 0.25) is 0 Å². The minimum Gasteiger partial charge on any atom is -0.505 e. The zero-order valence-electron chi connectivity index (χ0n) is 13.2. The molecular weight excluding hydrogens is 347 g/mol. The number of carboxylic acid groups (broad SMARTS) is 1. The van der Waals surface area contributed by atoms with Crippen LogP contribution in [0, 0.1) is 19.7 Å². The Hall–Kier alpha value is -3.07. The fraction of sp³-hybridized carbons (Fsp3) is 0.125. The summed E-state index contributed by atoms with van der Waals surface area (Å²) in [7, 11) is 0. The molecule has 1 amide bonds. The highest BCUT2D eigenvalue weighted by molar-refractivity contribution is 7.19. The molecule has 2 heterocycles. The van der Waals surface area contributed by atoms with Crippen LogP contribution in [0.3, 0.4) is 0 Å². The lowest BCUT2D eigenvalue weighted by Gasteiger charge is -2.07. The maximum atomic E-state index is 13.2. The highest BCUT2D eigenvalue weighted by Crippen LogP contribution is 2.34. The molecule has 0 bridgehead atoms. The molecule has 0 radical (unpaired) electrons. The van der Waals surface area contributed by atoms with Crippen LogP contribution in [-0.4, -0.2) is 31.3 Å². The third-order valence-electron chi connectivity index (χ3n) is 3.44. The van der Waals surface area contributed by atoms with Crippen molar-refractivity contribution in [2.45, 2.75) is 13.8 Å². The number of hydrogen-bond acceptors (Lipinski definition) is 6. The van der Waals surface area contributed by atoms with E-state index in [1.807, 2.05) is 0 Å². The van der Waals surface area contributed by atoms with Crippen molar-refractivity contribution in [3.63, 3.8) is 0 Å². The Morgan fingerprint density at radius 2 is 2.00 bits per heavy atom. The number of aromatic hydroxyl groups is 1. The molecule has 0 aliphatic carbocycles. The minimum atomic E-state index is -1.18. The summed E-state index contributed by atoms with van der Waals surface area (Å²) in [4.78, 5) is 24.3. The summed E-state index contributed by atoms with van der Waals surface area (Å²) >= 11 is 1.19. The van der Waals surface area contributed by atoms with Crippen LogP contribution in [0.2, 0.25) is 0 Å². The SMILES string of the molecule is Cc1nc(-c2ccc(F)c(O)c2)ncc1-c1sc(NC(=O)O)nc1C. The molecule has 128 valence electrons. The highest BCUT2D eigenvalue weighted by Gasteiger charge is 2.15. The fourth-order valence-corrected chi connectivity index (χ4v) is 3.29. The van der Waals surface area contributed by atoms with E-state index >= 15 is 0 Å². The van der Waals surface area contributed by atoms with E-state index in [-0.39, 0.29) is 5.13 Å². The first-order valence-corrected chi connectivity index (χ1v) is 7.97. The van der Waals surface area contributed by atoms with Crippen LogP contribution in [-0.2, 0) is 0 Å². The quantitative estimate of drug-likeness (QED) is 0.655. The van der Waals surface area contributed by atoms with Crippen LogP contribution < -0.4 is 5.32 Å². The van der Waals surface area contributed by atoms with Crippen LogP contribution in [0.5, 0.6) is 5.75 Å². The number of halogens is 1. The van der Waals surface area contributed by atoms with E-state index in [0.717, 1.165) is 16.5 Å². The van der Waals surface area contributed by atoms with Gasteiger partial charge in [0.1, 0.15) is 0 Å². The highest BCUT2D eigenvalue weighted by atomic mass is 32.1. The number of benzene rings is 1. The van der Waals surface area contributed by atoms with Gasteiger partial charge in [-0.1, -0.05) is 11.3 Å². The summed E-state index contributed by atoms with van der Waals surface area (Å²) in [5.41, 5.74) is 2.53. The molecule has 3 rings (SSSR count). The first-order valence-electron chi connectivity index (χ1n) is 7.15. The second-order valence-corrected chi connectivity index (χ2v) is 6.22. The lowest BCUT2D eigenvalue weighted by molar-refractivity contribution is 0.209. The summed E-state index contributed by atoms with van der Waals surface area (Å²) in [6.07, 6.45) is 0.420. The average Bonchev–Trinajstić information content (AvgIpc) is 2.89. The number of rotatable bonds is 3. The summed E-state index contributed by atoms with van der Waals surface area (Å²) in [6.45, 7) is 3.55. The Kier molecular flexibility index (Phi) is 4.32. The van der Waals surface area contributed by atoms with Gasteiger partial charge in [0.15, 0.2) is 22.5 Å². The summed E-state index contributed by atoms with van der Waals surface area (Å²) in [5.74, 6) is -0.830. The fourth-order valence-electron chi connectivity index (χ4n) is 2.27. The van der Waals surface area contributed by atoms with E-state index in [1.54, 1.807) is 20.0 Å². The van der Waals surface area contributed by atoms with Gasteiger partial charge in [-0.2, -0.15) is 0 Å². The summed E-state index contributed by atoms with van der Waals surface area (Å²) in [5, 5.41) is 20.8. The number of phenols is 1. The average molecular weight is 360 g/mol. The predicted octanol–water partition coefficient (Wildman–Crippen LogP) is 3.82. The predicted molar refractivity (Wildman–Crippen MR) is 91.3 cm³/mol. The van der Waals surface area contributed by atoms with E-state index in [4.69, 9.17) is 5.11 Å². The Bertz CT molecular complexity index is 974. The molecule has 7 nitrogen and oxygen atoms in total. The molecule has 1 aromatic carbocycles. The van der Waals surface area contributed by atoms with Crippen molar-refractivity contribution in [2.75, 3.05) is 5.32 Å². The van der Waals surface area contributed by atoms with Crippen molar-refractivity contribution >= 4 is 22.6 Å². The number of thiazole rings is 1. The minimum absolute atomic E-state index is 0.270. The number of nitrogens with one attached hydrogen (secondary N) is 1. The van der Waals surface area contributed by atoms with E-state index in [9.17, 15) is 14.3 Å². The van der Waals surface area contributed by atoms with E-state index < -0.39 is 17.7 Å². The second-order valence-electron chi connectivity index (χ2n) is 5.22. The van der Waals surface area contributed by atoms with Crippen LogP contribution in [0.1, 0.15) is 11.4 Å². The normalized spacial score (nSPS) is 10.7. The van der Waals surface area contributed by atoms with E-state index in [2.05, 4.69) is 20.3 Å². The topological polar surface area (TPSA) is 108 Å². The van der Waals surface area contributed by atoms with Crippen molar-refractivity contribution in [3.05, 3.63) is 41.6 Å². The van der Waals surface area contributed by atoms with Gasteiger partial charge in [0, 0.05) is 17.3 Å². The summed E-state index contributed by atoms with van der Waals surface area (Å²) < 4.78 is 13.2. The Balaban J connectivity index is 1.98. The number of phenolic OH excluding ortho intramolecular Hbond substituents is 1. The number of carbonyl (C=O) groups is 1. The molecule has 0 spiro atoms. The van der Waals surface area contributed by atoms with Gasteiger partial charge in [-0.3, -0.25) is 5.32 Å². The van der Waals surface area contributed by atoms with Crippen molar-refractivity contribution in [2.24, 2.45) is 0 Å². The molecule has 0 atom stereocenters. The number of aromatic nitrogens is 3. The molecule has 0 aliphatic heterocycles. The standard InChI is InChI=1S/C16H13FN4O3S/c1-7-10(13-8(2)20-15(25-13)21-16(23)24)6-18-14(19-7)9-3-4-11(17)12(22)5-9/h3-6,22H,1-2H3,(H,20,21)(H,23,24). The zero-order chi connectivity index (χ0) is 18.1. The summed E-state index contributed by atoms with van der Waals surface area (Å²) in [6, 6.07) is 3.89. The molecule has 0 fully saturated rings. The Morgan fingerprint density at radius 3 is 2.64 bits per heavy atom. The van der Waals surface area contributed by atoms with Gasteiger partial charge in [-0.05, 0) is 32.0 Å². The van der Waals surface area contributed by atoms with Crippen LogP contribution in [0.4, 0.5) is 14.3 Å². The van der Waals surface area contributed by atoms with Gasteiger partial charge < -0.3 is 10.2 Å². The van der Waals surface area contributed by atoms with Crippen LogP contribution in [0.25, 0.3) is 21.8 Å². The smallest absolute Gasteiger partial charge is 0.410 e. The molecule has 0 saturated heterocycles. The zero-order valence-corrected chi connectivity index (χ0v) is 14.1. The monoisotopic (exact) mass is 360 g/mol. The number of aryl methyl sites for hydroxylation is 2. The number of amides is 1. The van der Waals surface area contributed by atoms with Gasteiger partial charge in [0.05, 0.1) is 16.3 Å². The molecule has 3 N–H and O–H groups in total. The van der Waals surface area contributed by atoms with Crippen molar-refractivity contribution in [3.8, 4) is 27.6 Å². The van der Waals surface area contributed by atoms with E-state index in [0.29, 0.717) is 22.8 Å².